The number of aromatic nitrogens is 3. The zero-order chi connectivity index (χ0) is 13.8. The third kappa shape index (κ3) is 2.94. The van der Waals surface area contributed by atoms with Gasteiger partial charge in [-0.15, -0.1) is 5.10 Å². The van der Waals surface area contributed by atoms with E-state index in [1.807, 2.05) is 0 Å². The number of nitrogens with two attached hydrogens (primary N) is 1. The molecule has 3 N–H and O–H groups in total. The second-order valence-electron chi connectivity index (χ2n) is 4.05. The van der Waals surface area contributed by atoms with Crippen LogP contribution in [0.2, 0.25) is 0 Å². The van der Waals surface area contributed by atoms with Crippen molar-refractivity contribution in [3.63, 3.8) is 0 Å². The van der Waals surface area contributed by atoms with E-state index in [0.717, 1.165) is 0 Å². The number of hydrogen-bond donors (Lipinski definition) is 2. The highest BCUT2D eigenvalue weighted by Crippen LogP contribution is 2.13. The molecule has 0 fully saturated rings. The molecule has 6 nitrogen and oxygen atoms in total. The lowest BCUT2D eigenvalue weighted by Crippen LogP contribution is -2.26. The van der Waals surface area contributed by atoms with Gasteiger partial charge in [-0.05, 0) is 31.2 Å². The molecule has 100 valence electrons. The summed E-state index contributed by atoms with van der Waals surface area (Å²) in [6.07, 6.45) is 1.52. The van der Waals surface area contributed by atoms with Crippen LogP contribution in [0, 0.1) is 5.82 Å². The largest absolute Gasteiger partial charge is 0.325 e. The van der Waals surface area contributed by atoms with Gasteiger partial charge in [-0.25, -0.2) is 9.07 Å². The molecule has 0 radical (unpaired) electrons. The van der Waals surface area contributed by atoms with Crippen molar-refractivity contribution in [3.8, 4) is 0 Å². The number of hydrogen-bond acceptors (Lipinski definition) is 4. The molecule has 0 aliphatic carbocycles. The van der Waals surface area contributed by atoms with Gasteiger partial charge in [-0.1, -0.05) is 5.21 Å². The Morgan fingerprint density at radius 2 is 2.16 bits per heavy atom. The summed E-state index contributed by atoms with van der Waals surface area (Å²) in [4.78, 5) is 12.0. The molecule has 1 heterocycles. The van der Waals surface area contributed by atoms with Crippen molar-refractivity contribution >= 4 is 11.6 Å². The minimum atomic E-state index is -0.550. The van der Waals surface area contributed by atoms with E-state index in [0.29, 0.717) is 11.4 Å². The Bertz CT molecular complexity index is 566. The van der Waals surface area contributed by atoms with E-state index >= 15 is 0 Å². The number of amides is 1. The topological polar surface area (TPSA) is 85.8 Å². The van der Waals surface area contributed by atoms with Gasteiger partial charge >= 0.3 is 0 Å². The molecule has 0 saturated carbocycles. The van der Waals surface area contributed by atoms with Crippen LogP contribution in [0.4, 0.5) is 10.1 Å². The Labute approximate surface area is 109 Å². The molecule has 7 heteroatoms. The summed E-state index contributed by atoms with van der Waals surface area (Å²) in [6, 6.07) is 4.99. The van der Waals surface area contributed by atoms with Crippen LogP contribution in [0.15, 0.2) is 30.5 Å². The second kappa shape index (κ2) is 5.57. The van der Waals surface area contributed by atoms with Crippen LogP contribution in [0.5, 0.6) is 0 Å². The third-order valence-corrected chi connectivity index (χ3v) is 2.72. The van der Waals surface area contributed by atoms with E-state index in [2.05, 4.69) is 15.6 Å². The predicted molar refractivity (Wildman–Crippen MR) is 67.7 cm³/mol. The lowest BCUT2D eigenvalue weighted by atomic mass is 10.2. The maximum atomic E-state index is 12.8. The van der Waals surface area contributed by atoms with Crippen LogP contribution >= 0.6 is 0 Å². The van der Waals surface area contributed by atoms with Crippen molar-refractivity contribution in [2.45, 2.75) is 19.5 Å². The average molecular weight is 263 g/mol. The number of carbonyl (C=O) groups excluding carboxylic acids is 1. The first-order valence-corrected chi connectivity index (χ1v) is 5.77. The van der Waals surface area contributed by atoms with E-state index in [-0.39, 0.29) is 18.3 Å². The molecule has 1 aromatic heterocycles. The fourth-order valence-electron chi connectivity index (χ4n) is 1.63. The molecule has 0 aliphatic heterocycles. The number of halogens is 1. The van der Waals surface area contributed by atoms with Gasteiger partial charge in [0.2, 0.25) is 5.91 Å². The standard InChI is InChI=1S/C12H14FN5O/c1-8(18-11(6-14)7-15-17-18)12(19)16-10-4-2-9(13)3-5-10/h2-5,7-8H,6,14H2,1H3,(H,16,19). The van der Waals surface area contributed by atoms with Crippen molar-refractivity contribution in [3.05, 3.63) is 42.0 Å². The second-order valence-corrected chi connectivity index (χ2v) is 4.05. The van der Waals surface area contributed by atoms with Crippen LogP contribution in [0.1, 0.15) is 18.7 Å². The molecule has 1 amide bonds. The number of benzene rings is 1. The van der Waals surface area contributed by atoms with Crippen molar-refractivity contribution < 1.29 is 9.18 Å². The van der Waals surface area contributed by atoms with E-state index in [1.165, 1.54) is 35.1 Å². The maximum Gasteiger partial charge on any atom is 0.249 e. The first kappa shape index (κ1) is 13.2. The smallest absolute Gasteiger partial charge is 0.249 e. The normalized spacial score (nSPS) is 12.2. The molecule has 0 bridgehead atoms. The van der Waals surface area contributed by atoms with Crippen LogP contribution in [-0.2, 0) is 11.3 Å². The minimum Gasteiger partial charge on any atom is -0.325 e. The summed E-state index contributed by atoms with van der Waals surface area (Å²) in [5.74, 6) is -0.625. The number of anilines is 1. The SMILES string of the molecule is CC(C(=O)Nc1ccc(F)cc1)n1nncc1CN. The van der Waals surface area contributed by atoms with E-state index in [1.54, 1.807) is 6.92 Å². The van der Waals surface area contributed by atoms with E-state index < -0.39 is 6.04 Å². The summed E-state index contributed by atoms with van der Waals surface area (Å²) >= 11 is 0. The van der Waals surface area contributed by atoms with Gasteiger partial charge in [0, 0.05) is 12.2 Å². The maximum absolute atomic E-state index is 12.8. The van der Waals surface area contributed by atoms with Gasteiger partial charge in [0.25, 0.3) is 0 Å². The Balaban J connectivity index is 2.09. The Morgan fingerprint density at radius 1 is 1.47 bits per heavy atom. The average Bonchev–Trinajstić information content (AvgIpc) is 2.88. The van der Waals surface area contributed by atoms with Gasteiger partial charge < -0.3 is 11.1 Å². The van der Waals surface area contributed by atoms with E-state index in [4.69, 9.17) is 5.73 Å². The van der Waals surface area contributed by atoms with E-state index in [9.17, 15) is 9.18 Å². The molecule has 2 rings (SSSR count). The Morgan fingerprint density at radius 3 is 2.79 bits per heavy atom. The first-order valence-electron chi connectivity index (χ1n) is 5.77. The zero-order valence-corrected chi connectivity index (χ0v) is 10.4. The predicted octanol–water partition coefficient (Wildman–Crippen LogP) is 1.08. The molecular formula is C12H14FN5O. The van der Waals surface area contributed by atoms with Crippen LogP contribution in [0.25, 0.3) is 0 Å². The molecule has 2 aromatic rings. The molecule has 0 saturated heterocycles. The molecular weight excluding hydrogens is 249 g/mol. The monoisotopic (exact) mass is 263 g/mol. The van der Waals surface area contributed by atoms with Crippen molar-refractivity contribution in [2.75, 3.05) is 5.32 Å². The minimum absolute atomic E-state index is 0.251. The quantitative estimate of drug-likeness (QED) is 0.864. The fraction of sp³-hybridized carbons (Fsp3) is 0.250. The Hall–Kier alpha value is -2.28. The number of nitrogens with one attached hydrogen (secondary N) is 1. The number of rotatable bonds is 4. The van der Waals surface area contributed by atoms with Crippen molar-refractivity contribution in [2.24, 2.45) is 5.73 Å². The van der Waals surface area contributed by atoms with Crippen LogP contribution in [-0.4, -0.2) is 20.9 Å². The van der Waals surface area contributed by atoms with Crippen LogP contribution < -0.4 is 11.1 Å². The van der Waals surface area contributed by atoms with Gasteiger partial charge in [-0.3, -0.25) is 4.79 Å². The summed E-state index contributed by atoms with van der Waals surface area (Å²) in [7, 11) is 0. The molecule has 1 unspecified atom stereocenters. The highest BCUT2D eigenvalue weighted by molar-refractivity contribution is 5.93. The highest BCUT2D eigenvalue weighted by atomic mass is 19.1. The number of nitrogens with zero attached hydrogens (tertiary/aromatic N) is 3. The summed E-state index contributed by atoms with van der Waals surface area (Å²) in [5, 5.41) is 10.2. The fourth-order valence-corrected chi connectivity index (χ4v) is 1.63. The lowest BCUT2D eigenvalue weighted by molar-refractivity contribution is -0.119. The van der Waals surface area contributed by atoms with Crippen LogP contribution in [0.3, 0.4) is 0 Å². The van der Waals surface area contributed by atoms with Gasteiger partial charge in [0.1, 0.15) is 11.9 Å². The molecule has 0 aliphatic rings. The summed E-state index contributed by atoms with van der Waals surface area (Å²) in [6.45, 7) is 1.94. The molecule has 19 heavy (non-hydrogen) atoms. The molecule has 1 aromatic carbocycles. The van der Waals surface area contributed by atoms with Gasteiger partial charge in [0.05, 0.1) is 11.9 Å². The van der Waals surface area contributed by atoms with Gasteiger partial charge in [0.15, 0.2) is 0 Å². The summed E-state index contributed by atoms with van der Waals surface area (Å²) in [5.41, 5.74) is 6.72. The molecule has 0 spiro atoms. The Kier molecular flexibility index (Phi) is 3.86. The lowest BCUT2D eigenvalue weighted by Gasteiger charge is -2.14. The van der Waals surface area contributed by atoms with Crippen molar-refractivity contribution in [1.82, 2.24) is 15.0 Å². The van der Waals surface area contributed by atoms with Crippen molar-refractivity contribution in [1.29, 1.82) is 0 Å². The number of carbonyl (C=O) groups is 1. The third-order valence-electron chi connectivity index (χ3n) is 2.72. The summed E-state index contributed by atoms with van der Waals surface area (Å²) < 4.78 is 14.2. The first-order chi connectivity index (χ1) is 9.11. The molecule has 1 atom stereocenters. The zero-order valence-electron chi connectivity index (χ0n) is 10.4. The highest BCUT2D eigenvalue weighted by Gasteiger charge is 2.18. The van der Waals surface area contributed by atoms with Gasteiger partial charge in [-0.2, -0.15) is 0 Å².